The highest BCUT2D eigenvalue weighted by Gasteiger charge is 2.45. The fourth-order valence-electron chi connectivity index (χ4n) is 3.90. The summed E-state index contributed by atoms with van der Waals surface area (Å²) in [7, 11) is 3.05. The summed E-state index contributed by atoms with van der Waals surface area (Å²) < 4.78 is 11.0. The van der Waals surface area contributed by atoms with Crippen molar-refractivity contribution in [3.63, 3.8) is 0 Å². The van der Waals surface area contributed by atoms with E-state index in [2.05, 4.69) is 18.7 Å². The molecule has 1 N–H and O–H groups in total. The van der Waals surface area contributed by atoms with Gasteiger partial charge in [0.1, 0.15) is 0 Å². The van der Waals surface area contributed by atoms with Crippen molar-refractivity contribution < 1.29 is 24.2 Å². The topological polar surface area (TPSA) is 79.3 Å². The number of carbonyl (C=O) groups is 2. The van der Waals surface area contributed by atoms with Gasteiger partial charge in [0.15, 0.2) is 17.3 Å². The first-order chi connectivity index (χ1) is 15.0. The maximum atomic E-state index is 13.3. The molecule has 1 aliphatic heterocycles. The van der Waals surface area contributed by atoms with Gasteiger partial charge in [0.05, 0.1) is 30.7 Å². The van der Waals surface area contributed by atoms with Crippen molar-refractivity contribution in [3.8, 4) is 11.5 Å². The number of amides is 1. The summed E-state index contributed by atoms with van der Waals surface area (Å²) in [5.41, 5.74) is 0.664. The Morgan fingerprint density at radius 2 is 1.90 bits per heavy atom. The molecule has 1 atom stereocenters. The predicted molar refractivity (Wildman–Crippen MR) is 120 cm³/mol. The van der Waals surface area contributed by atoms with E-state index < -0.39 is 17.7 Å². The number of ether oxygens (including phenoxy) is 2. The number of aliphatic hydroxyl groups excluding tert-OH is 1. The van der Waals surface area contributed by atoms with Crippen molar-refractivity contribution in [2.45, 2.75) is 19.9 Å². The number of Topliss-reactive ketones (excluding diaryl/α,β-unsaturated/α-hetero) is 1. The minimum Gasteiger partial charge on any atom is -0.503 e. The van der Waals surface area contributed by atoms with Crippen molar-refractivity contribution in [2.75, 3.05) is 40.4 Å². The van der Waals surface area contributed by atoms with Gasteiger partial charge in [0.2, 0.25) is 5.78 Å². The summed E-state index contributed by atoms with van der Waals surface area (Å²) in [6.45, 7) is 6.77. The van der Waals surface area contributed by atoms with Gasteiger partial charge in [-0.25, -0.2) is 0 Å². The Morgan fingerprint density at radius 1 is 1.16 bits per heavy atom. The van der Waals surface area contributed by atoms with E-state index in [1.54, 1.807) is 40.6 Å². The van der Waals surface area contributed by atoms with Crippen LogP contribution in [0.15, 0.2) is 47.0 Å². The lowest BCUT2D eigenvalue weighted by Crippen LogP contribution is -2.38. The summed E-state index contributed by atoms with van der Waals surface area (Å²) in [5, 5.41) is 12.6. The molecule has 0 radical (unpaired) electrons. The number of rotatable bonds is 10. The van der Waals surface area contributed by atoms with Gasteiger partial charge in [0.25, 0.3) is 5.91 Å². The number of hydrogen-bond donors (Lipinski definition) is 1. The molecular weight excluding hydrogens is 416 g/mol. The van der Waals surface area contributed by atoms with E-state index in [1.165, 1.54) is 25.6 Å². The molecule has 3 rings (SSSR count). The van der Waals surface area contributed by atoms with Crippen LogP contribution in [0.1, 0.15) is 35.1 Å². The Morgan fingerprint density at radius 3 is 2.48 bits per heavy atom. The van der Waals surface area contributed by atoms with Gasteiger partial charge < -0.3 is 24.4 Å². The maximum Gasteiger partial charge on any atom is 0.290 e. The third kappa shape index (κ3) is 4.31. The number of methoxy groups -OCH3 is 2. The summed E-state index contributed by atoms with van der Waals surface area (Å²) in [4.78, 5) is 30.6. The second-order valence-corrected chi connectivity index (χ2v) is 8.03. The van der Waals surface area contributed by atoms with Gasteiger partial charge in [-0.1, -0.05) is 32.0 Å². The number of thiophene rings is 1. The molecule has 1 aromatic carbocycles. The van der Waals surface area contributed by atoms with Crippen molar-refractivity contribution >= 4 is 23.0 Å². The number of carbonyl (C=O) groups excluding carboxylic acids is 2. The maximum absolute atomic E-state index is 13.3. The number of benzene rings is 1. The van der Waals surface area contributed by atoms with Gasteiger partial charge in [-0.15, -0.1) is 11.3 Å². The molecule has 0 spiro atoms. The number of likely N-dealkylation sites (N-methyl/N-ethyl adjacent to an activating group) is 1. The molecule has 0 aliphatic carbocycles. The van der Waals surface area contributed by atoms with Crippen LogP contribution in [0.3, 0.4) is 0 Å². The first-order valence-electron chi connectivity index (χ1n) is 10.2. The highest BCUT2D eigenvalue weighted by atomic mass is 32.1. The van der Waals surface area contributed by atoms with Crippen LogP contribution in [0, 0.1) is 0 Å². The molecule has 1 aliphatic rings. The molecule has 31 heavy (non-hydrogen) atoms. The van der Waals surface area contributed by atoms with Crippen molar-refractivity contribution in [1.82, 2.24) is 9.80 Å². The van der Waals surface area contributed by atoms with Gasteiger partial charge in [-0.3, -0.25) is 9.59 Å². The third-order valence-corrected chi connectivity index (χ3v) is 6.44. The molecule has 0 fully saturated rings. The Hall–Kier alpha value is -2.84. The van der Waals surface area contributed by atoms with E-state index in [-0.39, 0.29) is 11.4 Å². The standard InChI is InChI=1S/C23H28N2O5S/c1-5-24(6-2)12-13-25-19(15-9-7-10-16(29-3)22(15)30-4)18(21(27)23(25)28)20(26)17-11-8-14-31-17/h7-11,14,19,27H,5-6,12-13H2,1-4H3/t19-/m1/s1. The average Bonchev–Trinajstić information content (AvgIpc) is 3.41. The minimum absolute atomic E-state index is 0.0681. The normalized spacial score (nSPS) is 16.4. The van der Waals surface area contributed by atoms with Gasteiger partial charge >= 0.3 is 0 Å². The second kappa shape index (κ2) is 9.98. The third-order valence-electron chi connectivity index (χ3n) is 5.57. The zero-order valence-corrected chi connectivity index (χ0v) is 19.1. The van der Waals surface area contributed by atoms with Gasteiger partial charge in [-0.05, 0) is 30.6 Å². The Kier molecular flexibility index (Phi) is 7.35. The monoisotopic (exact) mass is 444 g/mol. The zero-order valence-electron chi connectivity index (χ0n) is 18.3. The van der Waals surface area contributed by atoms with Crippen LogP contribution in [0.5, 0.6) is 11.5 Å². The van der Waals surface area contributed by atoms with Crippen molar-refractivity contribution in [1.29, 1.82) is 0 Å². The Bertz CT molecular complexity index is 966. The van der Waals surface area contributed by atoms with E-state index in [9.17, 15) is 14.7 Å². The summed E-state index contributed by atoms with van der Waals surface area (Å²) >= 11 is 1.27. The Labute approximate surface area is 186 Å². The lowest BCUT2D eigenvalue weighted by molar-refractivity contribution is -0.129. The van der Waals surface area contributed by atoms with Crippen LogP contribution in [0.4, 0.5) is 0 Å². The first-order valence-corrected chi connectivity index (χ1v) is 11.1. The smallest absolute Gasteiger partial charge is 0.290 e. The summed E-state index contributed by atoms with van der Waals surface area (Å²) in [6, 6.07) is 8.02. The largest absolute Gasteiger partial charge is 0.503 e. The summed E-state index contributed by atoms with van der Waals surface area (Å²) in [6.07, 6.45) is 0. The second-order valence-electron chi connectivity index (χ2n) is 7.08. The molecule has 0 unspecified atom stereocenters. The van der Waals surface area contributed by atoms with Crippen molar-refractivity contribution in [2.24, 2.45) is 0 Å². The molecule has 1 aromatic heterocycles. The van der Waals surface area contributed by atoms with Crippen LogP contribution < -0.4 is 9.47 Å². The highest BCUT2D eigenvalue weighted by Crippen LogP contribution is 2.45. The SMILES string of the molecule is CCN(CC)CCN1C(=O)C(O)=C(C(=O)c2cccs2)[C@H]1c1cccc(OC)c1OC. The molecular formula is C23H28N2O5S. The molecule has 1 amide bonds. The number of ketones is 1. The zero-order chi connectivity index (χ0) is 22.5. The molecule has 2 aromatic rings. The van der Waals surface area contributed by atoms with E-state index in [1.807, 2.05) is 0 Å². The minimum atomic E-state index is -0.775. The lowest BCUT2D eigenvalue weighted by atomic mass is 9.94. The molecule has 0 bridgehead atoms. The van der Waals surface area contributed by atoms with Crippen LogP contribution in [0.2, 0.25) is 0 Å². The van der Waals surface area contributed by atoms with Crippen LogP contribution in [-0.4, -0.2) is 67.0 Å². The van der Waals surface area contributed by atoms with E-state index >= 15 is 0 Å². The highest BCUT2D eigenvalue weighted by molar-refractivity contribution is 7.12. The van der Waals surface area contributed by atoms with Gasteiger partial charge in [-0.2, -0.15) is 0 Å². The Balaban J connectivity index is 2.11. The first kappa shape index (κ1) is 22.8. The van der Waals surface area contributed by atoms with E-state index in [0.717, 1.165) is 13.1 Å². The number of nitrogens with zero attached hydrogens (tertiary/aromatic N) is 2. The van der Waals surface area contributed by atoms with E-state index in [0.29, 0.717) is 35.0 Å². The predicted octanol–water partition coefficient (Wildman–Crippen LogP) is 3.69. The van der Waals surface area contributed by atoms with Crippen LogP contribution in [0.25, 0.3) is 0 Å². The fraction of sp³-hybridized carbons (Fsp3) is 0.391. The molecule has 0 saturated carbocycles. The fourth-order valence-corrected chi connectivity index (χ4v) is 4.57. The molecule has 166 valence electrons. The van der Waals surface area contributed by atoms with Crippen LogP contribution in [-0.2, 0) is 4.79 Å². The van der Waals surface area contributed by atoms with Crippen molar-refractivity contribution in [3.05, 3.63) is 57.5 Å². The molecule has 2 heterocycles. The quantitative estimate of drug-likeness (QED) is 0.563. The molecule has 8 heteroatoms. The number of para-hydroxylation sites is 1. The molecule has 0 saturated heterocycles. The van der Waals surface area contributed by atoms with E-state index in [4.69, 9.17) is 9.47 Å². The average molecular weight is 445 g/mol. The number of aliphatic hydroxyl groups is 1. The van der Waals surface area contributed by atoms with Crippen LogP contribution >= 0.6 is 11.3 Å². The summed E-state index contributed by atoms with van der Waals surface area (Å²) in [5.74, 6) is -0.497. The molecule has 7 nitrogen and oxygen atoms in total. The van der Waals surface area contributed by atoms with Gasteiger partial charge in [0, 0.05) is 18.7 Å². The lowest BCUT2D eigenvalue weighted by Gasteiger charge is -2.30. The number of hydrogen-bond acceptors (Lipinski definition) is 7.